The van der Waals surface area contributed by atoms with Crippen LogP contribution in [-0.4, -0.2) is 18.1 Å². The van der Waals surface area contributed by atoms with Crippen molar-refractivity contribution < 1.29 is 0 Å². The van der Waals surface area contributed by atoms with E-state index >= 15 is 0 Å². The Morgan fingerprint density at radius 2 is 1.88 bits per heavy atom. The monoisotopic (exact) mass is 255 g/mol. The number of aromatic nitrogens is 1. The number of rotatable bonds is 5. The van der Waals surface area contributed by atoms with E-state index < -0.39 is 0 Å². The first-order chi connectivity index (χ1) is 7.82. The molecule has 0 amide bonds. The van der Waals surface area contributed by atoms with Gasteiger partial charge in [0.05, 0.1) is 5.69 Å². The van der Waals surface area contributed by atoms with Crippen LogP contribution < -0.4 is 10.6 Å². The Labute approximate surface area is 109 Å². The molecule has 1 rings (SSSR count). The predicted octanol–water partition coefficient (Wildman–Crippen LogP) is 3.34. The topological polar surface area (TPSA) is 42.2 Å². The molecule has 0 spiro atoms. The second-order valence-electron chi connectivity index (χ2n) is 5.32. The molecule has 1 aromatic heterocycles. The van der Waals surface area contributed by atoms with Crippen molar-refractivity contribution in [3.8, 4) is 0 Å². The third kappa shape index (κ3) is 3.68. The molecule has 2 N–H and O–H groups in total. The van der Waals surface area contributed by atoms with E-state index in [-0.39, 0.29) is 6.04 Å². The van der Waals surface area contributed by atoms with Crippen molar-refractivity contribution in [1.82, 2.24) is 4.98 Å². The van der Waals surface area contributed by atoms with Gasteiger partial charge in [-0.25, -0.2) is 4.98 Å². The van der Waals surface area contributed by atoms with Crippen molar-refractivity contribution in [3.63, 3.8) is 0 Å². The van der Waals surface area contributed by atoms with E-state index in [1.54, 1.807) is 11.3 Å². The van der Waals surface area contributed by atoms with Crippen molar-refractivity contribution >= 4 is 16.5 Å². The first kappa shape index (κ1) is 14.5. The maximum absolute atomic E-state index is 5.94. The summed E-state index contributed by atoms with van der Waals surface area (Å²) in [7, 11) is 2.12. The molecule has 0 saturated heterocycles. The molecule has 2 unspecified atom stereocenters. The molecule has 1 heterocycles. The van der Waals surface area contributed by atoms with Crippen molar-refractivity contribution in [2.45, 2.75) is 53.1 Å². The van der Waals surface area contributed by atoms with Crippen LogP contribution in [0, 0.1) is 12.8 Å². The summed E-state index contributed by atoms with van der Waals surface area (Å²) < 4.78 is 0. The van der Waals surface area contributed by atoms with Gasteiger partial charge in [0.1, 0.15) is 0 Å². The molecule has 0 aliphatic rings. The van der Waals surface area contributed by atoms with Crippen LogP contribution in [0.3, 0.4) is 0 Å². The summed E-state index contributed by atoms with van der Waals surface area (Å²) in [6, 6.07) is 0.594. The number of aryl methyl sites for hydroxylation is 1. The number of hydrogen-bond donors (Lipinski definition) is 1. The standard InChI is InChI=1S/C13H25N3S/c1-8(2)7-9(3)16(6)13-15-11(5)12(17-13)10(4)14/h8-10H,7,14H2,1-6H3. The van der Waals surface area contributed by atoms with Crippen LogP contribution in [0.4, 0.5) is 5.13 Å². The van der Waals surface area contributed by atoms with Gasteiger partial charge in [-0.05, 0) is 33.1 Å². The largest absolute Gasteiger partial charge is 0.348 e. The second kappa shape index (κ2) is 5.83. The number of nitrogens with two attached hydrogens (primary N) is 1. The van der Waals surface area contributed by atoms with Gasteiger partial charge in [-0.3, -0.25) is 0 Å². The first-order valence-corrected chi connectivity index (χ1v) is 7.10. The lowest BCUT2D eigenvalue weighted by Crippen LogP contribution is -2.29. The van der Waals surface area contributed by atoms with Gasteiger partial charge < -0.3 is 10.6 Å². The zero-order chi connectivity index (χ0) is 13.2. The van der Waals surface area contributed by atoms with Crippen LogP contribution >= 0.6 is 11.3 Å². The molecule has 0 aliphatic heterocycles. The van der Waals surface area contributed by atoms with Crippen LogP contribution in [0.15, 0.2) is 0 Å². The van der Waals surface area contributed by atoms with Crippen molar-refractivity contribution in [3.05, 3.63) is 10.6 Å². The minimum absolute atomic E-state index is 0.0788. The molecule has 0 aliphatic carbocycles. The Bertz CT molecular complexity index is 358. The molecule has 3 nitrogen and oxygen atoms in total. The summed E-state index contributed by atoms with van der Waals surface area (Å²) in [6.07, 6.45) is 1.18. The van der Waals surface area contributed by atoms with Gasteiger partial charge in [-0.15, -0.1) is 11.3 Å². The van der Waals surface area contributed by atoms with Gasteiger partial charge >= 0.3 is 0 Å². The third-order valence-corrected chi connectivity index (χ3v) is 4.46. The van der Waals surface area contributed by atoms with Crippen LogP contribution in [0.25, 0.3) is 0 Å². The summed E-state index contributed by atoms with van der Waals surface area (Å²) in [4.78, 5) is 8.09. The van der Waals surface area contributed by atoms with Crippen LogP contribution in [0.5, 0.6) is 0 Å². The average molecular weight is 255 g/mol. The molecule has 2 atom stereocenters. The van der Waals surface area contributed by atoms with Gasteiger partial charge in [0, 0.05) is 24.0 Å². The maximum Gasteiger partial charge on any atom is 0.185 e. The first-order valence-electron chi connectivity index (χ1n) is 6.28. The molecule has 0 bridgehead atoms. The summed E-state index contributed by atoms with van der Waals surface area (Å²) in [5.74, 6) is 0.710. The molecule has 0 saturated carbocycles. The predicted molar refractivity (Wildman–Crippen MR) is 76.8 cm³/mol. The smallest absolute Gasteiger partial charge is 0.185 e. The zero-order valence-corrected chi connectivity index (χ0v) is 12.6. The van der Waals surface area contributed by atoms with Gasteiger partial charge in [0.15, 0.2) is 5.13 Å². The molecule has 0 radical (unpaired) electrons. The lowest BCUT2D eigenvalue weighted by molar-refractivity contribution is 0.503. The van der Waals surface area contributed by atoms with E-state index in [9.17, 15) is 0 Å². The molecule has 17 heavy (non-hydrogen) atoms. The Kier molecular flexibility index (Phi) is 4.95. The Morgan fingerprint density at radius 3 is 2.29 bits per heavy atom. The van der Waals surface area contributed by atoms with Gasteiger partial charge in [0.25, 0.3) is 0 Å². The summed E-state index contributed by atoms with van der Waals surface area (Å²) in [5.41, 5.74) is 7.01. The highest BCUT2D eigenvalue weighted by Crippen LogP contribution is 2.30. The van der Waals surface area contributed by atoms with E-state index in [0.717, 1.165) is 10.8 Å². The number of anilines is 1. The van der Waals surface area contributed by atoms with Crippen LogP contribution in [0.2, 0.25) is 0 Å². The highest BCUT2D eigenvalue weighted by atomic mass is 32.1. The number of thiazole rings is 1. The quantitative estimate of drug-likeness (QED) is 0.877. The third-order valence-electron chi connectivity index (χ3n) is 3.01. The minimum atomic E-state index is 0.0788. The lowest BCUT2D eigenvalue weighted by Gasteiger charge is -2.25. The van der Waals surface area contributed by atoms with Crippen LogP contribution in [-0.2, 0) is 0 Å². The fourth-order valence-electron chi connectivity index (χ4n) is 2.00. The van der Waals surface area contributed by atoms with E-state index in [0.29, 0.717) is 12.0 Å². The fourth-order valence-corrected chi connectivity index (χ4v) is 3.08. The summed E-state index contributed by atoms with van der Waals surface area (Å²) >= 11 is 1.72. The molecule has 98 valence electrons. The molecule has 0 aromatic carbocycles. The van der Waals surface area contributed by atoms with Crippen LogP contribution in [0.1, 0.15) is 50.7 Å². The second-order valence-corrected chi connectivity index (χ2v) is 6.33. The number of nitrogens with zero attached hydrogens (tertiary/aromatic N) is 2. The molecule has 0 fully saturated rings. The Hall–Kier alpha value is -0.610. The van der Waals surface area contributed by atoms with E-state index in [1.165, 1.54) is 11.3 Å². The molecule has 4 heteroatoms. The maximum atomic E-state index is 5.94. The average Bonchev–Trinajstić information content (AvgIpc) is 2.58. The fraction of sp³-hybridized carbons (Fsp3) is 0.769. The van der Waals surface area contributed by atoms with Gasteiger partial charge in [-0.2, -0.15) is 0 Å². The highest BCUT2D eigenvalue weighted by Gasteiger charge is 2.18. The SMILES string of the molecule is Cc1nc(N(C)C(C)CC(C)C)sc1C(C)N. The van der Waals surface area contributed by atoms with Gasteiger partial charge in [0.2, 0.25) is 0 Å². The normalized spacial score (nSPS) is 15.1. The van der Waals surface area contributed by atoms with E-state index in [1.807, 2.05) is 13.8 Å². The van der Waals surface area contributed by atoms with Crippen molar-refractivity contribution in [2.75, 3.05) is 11.9 Å². The lowest BCUT2D eigenvalue weighted by atomic mass is 10.0. The van der Waals surface area contributed by atoms with E-state index in [2.05, 4.69) is 37.7 Å². The Balaban J connectivity index is 2.82. The van der Waals surface area contributed by atoms with Gasteiger partial charge in [-0.1, -0.05) is 13.8 Å². The molecule has 1 aromatic rings. The highest BCUT2D eigenvalue weighted by molar-refractivity contribution is 7.15. The minimum Gasteiger partial charge on any atom is -0.348 e. The molecular weight excluding hydrogens is 230 g/mol. The molecular formula is C13H25N3S. The Morgan fingerprint density at radius 1 is 1.29 bits per heavy atom. The number of hydrogen-bond acceptors (Lipinski definition) is 4. The van der Waals surface area contributed by atoms with Crippen molar-refractivity contribution in [1.29, 1.82) is 0 Å². The van der Waals surface area contributed by atoms with Crippen molar-refractivity contribution in [2.24, 2.45) is 11.7 Å². The summed E-state index contributed by atoms with van der Waals surface area (Å²) in [6.45, 7) is 10.8. The van der Waals surface area contributed by atoms with E-state index in [4.69, 9.17) is 5.73 Å². The summed E-state index contributed by atoms with van der Waals surface area (Å²) in [5, 5.41) is 1.09. The zero-order valence-electron chi connectivity index (χ0n) is 11.8.